The van der Waals surface area contributed by atoms with E-state index in [-0.39, 0.29) is 5.56 Å². The van der Waals surface area contributed by atoms with Gasteiger partial charge < -0.3 is 5.11 Å². The van der Waals surface area contributed by atoms with Gasteiger partial charge in [-0.25, -0.2) is 4.68 Å². The van der Waals surface area contributed by atoms with Crippen LogP contribution in [0, 0.1) is 6.92 Å². The molecule has 0 atom stereocenters. The molecule has 0 spiro atoms. The molecule has 108 valence electrons. The largest absolute Gasteiger partial charge is 0.480 e. The number of aliphatic carboxylic acids is 1. The Labute approximate surface area is 120 Å². The molecule has 0 saturated carbocycles. The first kappa shape index (κ1) is 13.4. The van der Waals surface area contributed by atoms with Crippen molar-refractivity contribution in [3.8, 4) is 0 Å². The predicted octanol–water partition coefficient (Wildman–Crippen LogP) is 1.60. The van der Waals surface area contributed by atoms with E-state index in [0.29, 0.717) is 17.8 Å². The molecule has 0 fully saturated rings. The summed E-state index contributed by atoms with van der Waals surface area (Å²) in [5.41, 5.74) is 2.10. The zero-order chi connectivity index (χ0) is 15.1. The number of rotatable bonds is 3. The second kappa shape index (κ2) is 4.73. The highest BCUT2D eigenvalue weighted by Crippen LogP contribution is 2.20. The summed E-state index contributed by atoms with van der Waals surface area (Å²) in [5, 5.41) is 14.0. The van der Waals surface area contributed by atoms with Gasteiger partial charge in [-0.15, -0.1) is 0 Å². The number of carboxylic acid groups (broad SMARTS) is 1. The van der Waals surface area contributed by atoms with Crippen molar-refractivity contribution < 1.29 is 9.90 Å². The van der Waals surface area contributed by atoms with Gasteiger partial charge in [0.2, 0.25) is 0 Å². The van der Waals surface area contributed by atoms with Crippen molar-refractivity contribution in [1.82, 2.24) is 14.2 Å². The Bertz CT molecular complexity index is 921. The summed E-state index contributed by atoms with van der Waals surface area (Å²) in [6.07, 6.45) is 0.605. The topological polar surface area (TPSA) is 76.6 Å². The minimum absolute atomic E-state index is 0.386. The second-order valence-electron chi connectivity index (χ2n) is 5.05. The Kier molecular flexibility index (Phi) is 3.01. The summed E-state index contributed by atoms with van der Waals surface area (Å²) in [7, 11) is 0. The molecule has 2 heterocycles. The molecule has 0 aliphatic carbocycles. The van der Waals surface area contributed by atoms with Gasteiger partial charge >= 0.3 is 5.97 Å². The van der Waals surface area contributed by atoms with Gasteiger partial charge in [-0.2, -0.15) is 5.10 Å². The number of carbonyl (C=O) groups is 1. The molecule has 0 aliphatic rings. The average Bonchev–Trinajstić information content (AvgIpc) is 2.80. The summed E-state index contributed by atoms with van der Waals surface area (Å²) in [5.74, 6) is -0.408. The van der Waals surface area contributed by atoms with E-state index in [1.54, 1.807) is 6.07 Å². The highest BCUT2D eigenvalue weighted by Gasteiger charge is 2.14. The Hall–Kier alpha value is -2.63. The maximum Gasteiger partial charge on any atom is 0.325 e. The Morgan fingerprint density at radius 2 is 2.05 bits per heavy atom. The summed E-state index contributed by atoms with van der Waals surface area (Å²) in [6, 6.07) is 7.73. The summed E-state index contributed by atoms with van der Waals surface area (Å²) >= 11 is 0. The summed E-state index contributed by atoms with van der Waals surface area (Å²) < 4.78 is 2.84. The fraction of sp³-hybridized carbons (Fsp3) is 0.267. The fourth-order valence-electron chi connectivity index (χ4n) is 2.57. The third-order valence-corrected chi connectivity index (χ3v) is 3.51. The average molecular weight is 285 g/mol. The number of aromatic nitrogens is 3. The number of hydrogen-bond donors (Lipinski definition) is 1. The van der Waals surface area contributed by atoms with E-state index in [1.165, 1.54) is 0 Å². The van der Waals surface area contributed by atoms with Crippen molar-refractivity contribution in [3.05, 3.63) is 46.0 Å². The zero-order valence-electron chi connectivity index (χ0n) is 11.8. The monoisotopic (exact) mass is 285 g/mol. The number of aryl methyl sites for hydroxylation is 2. The molecule has 0 amide bonds. The molecule has 0 saturated heterocycles. The van der Waals surface area contributed by atoms with Crippen LogP contribution in [0.3, 0.4) is 0 Å². The molecule has 0 unspecified atom stereocenters. The van der Waals surface area contributed by atoms with E-state index in [1.807, 2.05) is 36.4 Å². The van der Waals surface area contributed by atoms with Gasteiger partial charge in [-0.1, -0.05) is 19.1 Å². The van der Waals surface area contributed by atoms with E-state index in [0.717, 1.165) is 21.1 Å². The molecule has 21 heavy (non-hydrogen) atoms. The van der Waals surface area contributed by atoms with Crippen LogP contribution in [0.25, 0.3) is 16.4 Å². The fourth-order valence-corrected chi connectivity index (χ4v) is 2.57. The first-order chi connectivity index (χ1) is 10.0. The molecular weight excluding hydrogens is 270 g/mol. The first-order valence-corrected chi connectivity index (χ1v) is 6.75. The van der Waals surface area contributed by atoms with Crippen molar-refractivity contribution in [3.63, 3.8) is 0 Å². The first-order valence-electron chi connectivity index (χ1n) is 6.75. The van der Waals surface area contributed by atoms with Gasteiger partial charge in [-0.3, -0.25) is 14.0 Å². The lowest BCUT2D eigenvalue weighted by Crippen LogP contribution is -2.29. The van der Waals surface area contributed by atoms with Crippen molar-refractivity contribution >= 4 is 22.4 Å². The quantitative estimate of drug-likeness (QED) is 0.793. The zero-order valence-corrected chi connectivity index (χ0v) is 11.8. The van der Waals surface area contributed by atoms with Gasteiger partial charge in [0, 0.05) is 11.8 Å². The Balaban J connectivity index is 2.45. The van der Waals surface area contributed by atoms with Gasteiger partial charge in [0.15, 0.2) is 0 Å². The van der Waals surface area contributed by atoms with Gasteiger partial charge in [-0.05, 0) is 24.6 Å². The molecule has 6 heteroatoms. The van der Waals surface area contributed by atoms with Crippen LogP contribution in [-0.2, 0) is 17.8 Å². The molecule has 6 nitrogen and oxygen atoms in total. The van der Waals surface area contributed by atoms with Crippen molar-refractivity contribution in [2.45, 2.75) is 26.8 Å². The van der Waals surface area contributed by atoms with Gasteiger partial charge in [0.05, 0.1) is 5.52 Å². The smallest absolute Gasteiger partial charge is 0.325 e. The molecule has 1 N–H and O–H groups in total. The van der Waals surface area contributed by atoms with Crippen LogP contribution in [0.15, 0.2) is 29.1 Å². The SMILES string of the molecule is CCc1nn(CC(=O)O)c(=O)c2cc3ccc(C)cc3n12. The van der Waals surface area contributed by atoms with Crippen LogP contribution >= 0.6 is 0 Å². The van der Waals surface area contributed by atoms with Crippen molar-refractivity contribution in [2.75, 3.05) is 0 Å². The summed E-state index contributed by atoms with van der Waals surface area (Å²) in [4.78, 5) is 23.3. The number of carboxylic acids is 1. The highest BCUT2D eigenvalue weighted by atomic mass is 16.4. The Morgan fingerprint density at radius 1 is 1.29 bits per heavy atom. The predicted molar refractivity (Wildman–Crippen MR) is 78.7 cm³/mol. The van der Waals surface area contributed by atoms with E-state index in [2.05, 4.69) is 5.10 Å². The molecule has 0 radical (unpaired) electrons. The molecule has 0 aliphatic heterocycles. The maximum absolute atomic E-state index is 12.4. The van der Waals surface area contributed by atoms with Crippen LogP contribution in [0.1, 0.15) is 18.3 Å². The van der Waals surface area contributed by atoms with E-state index in [4.69, 9.17) is 5.11 Å². The lowest BCUT2D eigenvalue weighted by molar-refractivity contribution is -0.138. The highest BCUT2D eigenvalue weighted by molar-refractivity contribution is 5.87. The third kappa shape index (κ3) is 2.08. The number of fused-ring (bicyclic) bond motifs is 3. The molecule has 3 rings (SSSR count). The third-order valence-electron chi connectivity index (χ3n) is 3.51. The van der Waals surface area contributed by atoms with Crippen LogP contribution < -0.4 is 5.56 Å². The molecule has 2 aromatic heterocycles. The van der Waals surface area contributed by atoms with Crippen molar-refractivity contribution in [2.24, 2.45) is 0 Å². The van der Waals surface area contributed by atoms with E-state index in [9.17, 15) is 9.59 Å². The number of benzene rings is 1. The molecule has 0 bridgehead atoms. The molecular formula is C15H15N3O3. The minimum atomic E-state index is -1.08. The lowest BCUT2D eigenvalue weighted by atomic mass is 10.2. The normalized spacial score (nSPS) is 11.3. The van der Waals surface area contributed by atoms with Gasteiger partial charge in [0.1, 0.15) is 17.9 Å². The molecule has 1 aromatic carbocycles. The standard InChI is InChI=1S/C15H15N3O3/c1-3-13-16-17(8-14(19)20)15(21)12-7-10-5-4-9(2)6-11(10)18(12)13/h4-7H,3,8H2,1-2H3,(H,19,20). The molecule has 3 aromatic rings. The summed E-state index contributed by atoms with van der Waals surface area (Å²) in [6.45, 7) is 3.49. The maximum atomic E-state index is 12.4. The number of nitrogens with zero attached hydrogens (tertiary/aromatic N) is 3. The number of hydrogen-bond acceptors (Lipinski definition) is 3. The van der Waals surface area contributed by atoms with Crippen LogP contribution in [0.4, 0.5) is 0 Å². The van der Waals surface area contributed by atoms with Crippen molar-refractivity contribution in [1.29, 1.82) is 0 Å². The minimum Gasteiger partial charge on any atom is -0.480 e. The van der Waals surface area contributed by atoms with Gasteiger partial charge in [0.25, 0.3) is 5.56 Å². The van der Waals surface area contributed by atoms with E-state index >= 15 is 0 Å². The van der Waals surface area contributed by atoms with Crippen LogP contribution in [-0.4, -0.2) is 25.3 Å². The van der Waals surface area contributed by atoms with Crippen LogP contribution in [0.2, 0.25) is 0 Å². The second-order valence-corrected chi connectivity index (χ2v) is 5.05. The van der Waals surface area contributed by atoms with E-state index < -0.39 is 12.5 Å². The Morgan fingerprint density at radius 3 is 2.71 bits per heavy atom. The lowest BCUT2D eigenvalue weighted by Gasteiger charge is -2.08. The van der Waals surface area contributed by atoms with Crippen LogP contribution in [0.5, 0.6) is 0 Å².